The second-order valence-corrected chi connectivity index (χ2v) is 5.63. The first kappa shape index (κ1) is 15.4. The fourth-order valence-corrected chi connectivity index (χ4v) is 2.46. The van der Waals surface area contributed by atoms with Gasteiger partial charge in [0.05, 0.1) is 17.2 Å². The van der Waals surface area contributed by atoms with Crippen LogP contribution in [0.4, 0.5) is 5.69 Å². The van der Waals surface area contributed by atoms with E-state index in [1.165, 1.54) is 6.20 Å². The predicted molar refractivity (Wildman–Crippen MR) is 76.0 cm³/mol. The number of carboxylic acids is 1. The number of aliphatic carboxylic acids is 1. The van der Waals surface area contributed by atoms with Gasteiger partial charge in [0, 0.05) is 30.4 Å². The maximum Gasteiger partial charge on any atom is 0.317 e. The Labute approximate surface area is 122 Å². The predicted octanol–water partition coefficient (Wildman–Crippen LogP) is 1.90. The molecule has 1 fully saturated rings. The van der Waals surface area contributed by atoms with Crippen LogP contribution >= 0.6 is 0 Å². The molecule has 2 rings (SSSR count). The molecule has 1 aromatic heterocycles. The summed E-state index contributed by atoms with van der Waals surface area (Å²) in [5.41, 5.74) is 1.69. The third-order valence-electron chi connectivity index (χ3n) is 3.70. The van der Waals surface area contributed by atoms with Crippen LogP contribution in [0.15, 0.2) is 6.20 Å². The molecule has 7 nitrogen and oxygen atoms in total. The van der Waals surface area contributed by atoms with E-state index in [1.807, 2.05) is 0 Å². The molecule has 1 aliphatic carbocycles. The molecule has 0 spiro atoms. The first-order valence-corrected chi connectivity index (χ1v) is 6.92. The SMILES string of the molecule is Cc1cnc(CN(CC(=O)O)CC2CC2)c(C)c1[N+](=O)[O-]. The number of carbonyl (C=O) groups is 1. The van der Waals surface area contributed by atoms with Crippen LogP contribution < -0.4 is 0 Å². The summed E-state index contributed by atoms with van der Waals surface area (Å²) >= 11 is 0. The normalized spacial score (nSPS) is 14.4. The van der Waals surface area contributed by atoms with Gasteiger partial charge in [0.2, 0.25) is 0 Å². The number of carboxylic acid groups (broad SMARTS) is 1. The molecule has 1 aliphatic rings. The average Bonchev–Trinajstić information content (AvgIpc) is 3.15. The zero-order chi connectivity index (χ0) is 15.6. The molecule has 7 heteroatoms. The molecule has 0 unspecified atom stereocenters. The number of aromatic nitrogens is 1. The van der Waals surface area contributed by atoms with E-state index in [1.54, 1.807) is 18.7 Å². The number of rotatable bonds is 7. The summed E-state index contributed by atoms with van der Waals surface area (Å²) in [5, 5.41) is 20.1. The van der Waals surface area contributed by atoms with E-state index in [2.05, 4.69) is 4.98 Å². The molecule has 21 heavy (non-hydrogen) atoms. The second kappa shape index (κ2) is 6.17. The van der Waals surface area contributed by atoms with Gasteiger partial charge < -0.3 is 5.11 Å². The van der Waals surface area contributed by atoms with Crippen molar-refractivity contribution in [3.05, 3.63) is 33.1 Å². The lowest BCUT2D eigenvalue weighted by molar-refractivity contribution is -0.386. The Hall–Kier alpha value is -2.02. The van der Waals surface area contributed by atoms with Crippen molar-refractivity contribution >= 4 is 11.7 Å². The third kappa shape index (κ3) is 3.98. The second-order valence-electron chi connectivity index (χ2n) is 5.63. The Balaban J connectivity index is 2.21. The maximum atomic E-state index is 11.1. The van der Waals surface area contributed by atoms with Crippen LogP contribution in [0.5, 0.6) is 0 Å². The van der Waals surface area contributed by atoms with Crippen molar-refractivity contribution in [2.45, 2.75) is 33.2 Å². The van der Waals surface area contributed by atoms with Gasteiger partial charge in [-0.25, -0.2) is 0 Å². The van der Waals surface area contributed by atoms with E-state index < -0.39 is 10.9 Å². The lowest BCUT2D eigenvalue weighted by atomic mass is 10.1. The summed E-state index contributed by atoms with van der Waals surface area (Å²) in [5.74, 6) is -0.347. The Morgan fingerprint density at radius 3 is 2.71 bits per heavy atom. The number of pyridine rings is 1. The number of hydrogen-bond donors (Lipinski definition) is 1. The highest BCUT2D eigenvalue weighted by Crippen LogP contribution is 2.31. The molecule has 1 aromatic rings. The number of hydrogen-bond acceptors (Lipinski definition) is 5. The molecule has 0 saturated heterocycles. The summed E-state index contributed by atoms with van der Waals surface area (Å²) in [4.78, 5) is 27.7. The van der Waals surface area contributed by atoms with Gasteiger partial charge in [0.25, 0.3) is 5.69 Å². The van der Waals surface area contributed by atoms with Gasteiger partial charge in [-0.1, -0.05) is 0 Å². The quantitative estimate of drug-likeness (QED) is 0.609. The van der Waals surface area contributed by atoms with E-state index >= 15 is 0 Å². The molecule has 0 bridgehead atoms. The molecule has 0 radical (unpaired) electrons. The minimum Gasteiger partial charge on any atom is -0.480 e. The summed E-state index contributed by atoms with van der Waals surface area (Å²) in [6.45, 7) is 4.29. The van der Waals surface area contributed by atoms with Crippen LogP contribution in [0.2, 0.25) is 0 Å². The summed E-state index contributed by atoms with van der Waals surface area (Å²) < 4.78 is 0. The van der Waals surface area contributed by atoms with Gasteiger partial charge in [0.15, 0.2) is 0 Å². The van der Waals surface area contributed by atoms with Crippen LogP contribution in [0.1, 0.15) is 29.7 Å². The highest BCUT2D eigenvalue weighted by atomic mass is 16.6. The van der Waals surface area contributed by atoms with Gasteiger partial charge in [0.1, 0.15) is 0 Å². The van der Waals surface area contributed by atoms with Gasteiger partial charge in [-0.3, -0.25) is 24.8 Å². The van der Waals surface area contributed by atoms with Gasteiger partial charge >= 0.3 is 5.97 Å². The summed E-state index contributed by atoms with van der Waals surface area (Å²) in [7, 11) is 0. The lowest BCUT2D eigenvalue weighted by Crippen LogP contribution is -2.32. The van der Waals surface area contributed by atoms with E-state index in [4.69, 9.17) is 5.11 Å². The van der Waals surface area contributed by atoms with Crippen molar-refractivity contribution in [1.82, 2.24) is 9.88 Å². The highest BCUT2D eigenvalue weighted by molar-refractivity contribution is 5.69. The van der Waals surface area contributed by atoms with E-state index in [-0.39, 0.29) is 12.2 Å². The Morgan fingerprint density at radius 2 is 2.19 bits per heavy atom. The largest absolute Gasteiger partial charge is 0.480 e. The summed E-state index contributed by atoms with van der Waals surface area (Å²) in [6, 6.07) is 0. The van der Waals surface area contributed by atoms with Crippen molar-refractivity contribution in [2.24, 2.45) is 5.92 Å². The lowest BCUT2D eigenvalue weighted by Gasteiger charge is -2.20. The molecule has 1 saturated carbocycles. The van der Waals surface area contributed by atoms with Crippen LogP contribution in [-0.2, 0) is 11.3 Å². The van der Waals surface area contributed by atoms with E-state index in [0.717, 1.165) is 12.8 Å². The minimum atomic E-state index is -0.894. The summed E-state index contributed by atoms with van der Waals surface area (Å²) in [6.07, 6.45) is 3.73. The maximum absolute atomic E-state index is 11.1. The topological polar surface area (TPSA) is 96.6 Å². The van der Waals surface area contributed by atoms with Crippen molar-refractivity contribution in [2.75, 3.05) is 13.1 Å². The van der Waals surface area contributed by atoms with Gasteiger partial charge in [-0.2, -0.15) is 0 Å². The number of nitro groups is 1. The standard InChI is InChI=1S/C14H19N3O4/c1-9-5-15-12(10(2)14(9)17(20)21)7-16(8-13(18)19)6-11-3-4-11/h5,11H,3-4,6-8H2,1-2H3,(H,18,19). The molecule has 1 N–H and O–H groups in total. The average molecular weight is 293 g/mol. The first-order valence-electron chi connectivity index (χ1n) is 6.92. The molecule has 0 amide bonds. The van der Waals surface area contributed by atoms with Crippen molar-refractivity contribution in [3.63, 3.8) is 0 Å². The zero-order valence-corrected chi connectivity index (χ0v) is 12.2. The Morgan fingerprint density at radius 1 is 1.52 bits per heavy atom. The monoisotopic (exact) mass is 293 g/mol. The molecular weight excluding hydrogens is 274 g/mol. The highest BCUT2D eigenvalue weighted by Gasteiger charge is 2.27. The van der Waals surface area contributed by atoms with Crippen molar-refractivity contribution < 1.29 is 14.8 Å². The molecular formula is C14H19N3O4. The Kier molecular flexibility index (Phi) is 4.52. The molecule has 0 atom stereocenters. The minimum absolute atomic E-state index is 0.0701. The third-order valence-corrected chi connectivity index (χ3v) is 3.70. The van der Waals surface area contributed by atoms with Gasteiger partial charge in [-0.15, -0.1) is 0 Å². The molecule has 0 aromatic carbocycles. The van der Waals surface area contributed by atoms with Crippen molar-refractivity contribution in [1.29, 1.82) is 0 Å². The Bertz CT molecular complexity index is 570. The van der Waals surface area contributed by atoms with Crippen LogP contribution in [0.25, 0.3) is 0 Å². The van der Waals surface area contributed by atoms with E-state index in [9.17, 15) is 14.9 Å². The van der Waals surface area contributed by atoms with Crippen molar-refractivity contribution in [3.8, 4) is 0 Å². The van der Waals surface area contributed by atoms with Crippen LogP contribution in [0.3, 0.4) is 0 Å². The first-order chi connectivity index (χ1) is 9.88. The molecule has 114 valence electrons. The zero-order valence-electron chi connectivity index (χ0n) is 12.2. The number of aryl methyl sites for hydroxylation is 1. The van der Waals surface area contributed by atoms with E-state index in [0.29, 0.717) is 35.8 Å². The van der Waals surface area contributed by atoms with Crippen LogP contribution in [0, 0.1) is 29.9 Å². The fourth-order valence-electron chi connectivity index (χ4n) is 2.46. The molecule has 1 heterocycles. The molecule has 0 aliphatic heterocycles. The fraction of sp³-hybridized carbons (Fsp3) is 0.571. The van der Waals surface area contributed by atoms with Gasteiger partial charge in [-0.05, 0) is 32.6 Å². The number of nitrogens with zero attached hydrogens (tertiary/aromatic N) is 3. The van der Waals surface area contributed by atoms with Crippen LogP contribution in [-0.4, -0.2) is 39.0 Å². The smallest absolute Gasteiger partial charge is 0.317 e.